The zero-order valence-corrected chi connectivity index (χ0v) is 16.1. The monoisotopic (exact) mass is 375 g/mol. The highest BCUT2D eigenvalue weighted by Crippen LogP contribution is 2.26. The van der Waals surface area contributed by atoms with Crippen molar-refractivity contribution in [2.75, 3.05) is 13.2 Å². The van der Waals surface area contributed by atoms with Crippen molar-refractivity contribution in [3.05, 3.63) is 77.9 Å². The molecular weight excluding hydrogens is 350 g/mol. The van der Waals surface area contributed by atoms with Crippen LogP contribution in [0.15, 0.2) is 66.7 Å². The summed E-state index contributed by atoms with van der Waals surface area (Å²) in [6, 6.07) is 21.7. The molecule has 1 fully saturated rings. The molecule has 4 nitrogen and oxygen atoms in total. The standard InChI is InChI=1S/C24H25NO3/c1-17(20-13-6-9-18-8-2-3-11-21(18)20)25-24(26)22-12-4-5-14-23(22)28-16-19-10-7-15-27-19/h2-6,8-9,11-14,17,19H,7,10,15-16H2,1H3,(H,25,26)/t17-,19-/m1/s1. The molecule has 28 heavy (non-hydrogen) atoms. The molecule has 1 aliphatic heterocycles. The summed E-state index contributed by atoms with van der Waals surface area (Å²) in [6.07, 6.45) is 2.19. The SMILES string of the molecule is C[C@@H](NC(=O)c1ccccc1OC[C@H]1CCCO1)c1cccc2ccccc12. The highest BCUT2D eigenvalue weighted by atomic mass is 16.5. The second-order valence-corrected chi connectivity index (χ2v) is 7.21. The molecule has 0 unspecified atom stereocenters. The minimum Gasteiger partial charge on any atom is -0.490 e. The number of amides is 1. The summed E-state index contributed by atoms with van der Waals surface area (Å²) < 4.78 is 11.5. The van der Waals surface area contributed by atoms with E-state index in [0.717, 1.165) is 30.4 Å². The molecule has 1 saturated heterocycles. The van der Waals surface area contributed by atoms with Crippen LogP contribution in [-0.4, -0.2) is 25.2 Å². The molecule has 0 aromatic heterocycles. The van der Waals surface area contributed by atoms with Gasteiger partial charge in [0.1, 0.15) is 12.4 Å². The fourth-order valence-corrected chi connectivity index (χ4v) is 3.72. The molecule has 0 saturated carbocycles. The average molecular weight is 375 g/mol. The summed E-state index contributed by atoms with van der Waals surface area (Å²) in [5.41, 5.74) is 1.65. The van der Waals surface area contributed by atoms with Gasteiger partial charge in [-0.3, -0.25) is 4.79 Å². The maximum atomic E-state index is 13.0. The number of fused-ring (bicyclic) bond motifs is 1. The van der Waals surface area contributed by atoms with Gasteiger partial charge in [0, 0.05) is 6.61 Å². The Hall–Kier alpha value is -2.85. The molecule has 1 N–H and O–H groups in total. The lowest BCUT2D eigenvalue weighted by atomic mass is 9.99. The fourth-order valence-electron chi connectivity index (χ4n) is 3.72. The molecule has 4 heteroatoms. The first-order valence-electron chi connectivity index (χ1n) is 9.84. The quantitative estimate of drug-likeness (QED) is 0.667. The van der Waals surface area contributed by atoms with Gasteiger partial charge >= 0.3 is 0 Å². The van der Waals surface area contributed by atoms with E-state index in [1.54, 1.807) is 6.07 Å². The number of ether oxygens (including phenoxy) is 2. The van der Waals surface area contributed by atoms with Crippen LogP contribution in [-0.2, 0) is 4.74 Å². The van der Waals surface area contributed by atoms with Gasteiger partial charge in [0.05, 0.1) is 17.7 Å². The van der Waals surface area contributed by atoms with Crippen molar-refractivity contribution in [3.8, 4) is 5.75 Å². The van der Waals surface area contributed by atoms with E-state index in [4.69, 9.17) is 9.47 Å². The maximum Gasteiger partial charge on any atom is 0.255 e. The van der Waals surface area contributed by atoms with Gasteiger partial charge in [0.2, 0.25) is 0 Å². The Kier molecular flexibility index (Phi) is 5.58. The van der Waals surface area contributed by atoms with Crippen molar-refractivity contribution in [2.24, 2.45) is 0 Å². The molecule has 144 valence electrons. The summed E-state index contributed by atoms with van der Waals surface area (Å²) in [5, 5.41) is 5.44. The number of benzene rings is 3. The number of carbonyl (C=O) groups excluding carboxylic acids is 1. The Labute approximate surface area is 165 Å². The van der Waals surface area contributed by atoms with Crippen LogP contribution < -0.4 is 10.1 Å². The number of hydrogen-bond acceptors (Lipinski definition) is 3. The molecule has 0 radical (unpaired) electrons. The normalized spacial score (nSPS) is 17.4. The first-order valence-corrected chi connectivity index (χ1v) is 9.84. The van der Waals surface area contributed by atoms with Crippen molar-refractivity contribution in [3.63, 3.8) is 0 Å². The van der Waals surface area contributed by atoms with E-state index in [1.165, 1.54) is 5.39 Å². The van der Waals surface area contributed by atoms with Crippen molar-refractivity contribution >= 4 is 16.7 Å². The van der Waals surface area contributed by atoms with E-state index >= 15 is 0 Å². The lowest BCUT2D eigenvalue weighted by molar-refractivity contribution is 0.0670. The molecule has 2 atom stereocenters. The third-order valence-electron chi connectivity index (χ3n) is 5.22. The maximum absolute atomic E-state index is 13.0. The Morgan fingerprint density at radius 1 is 1.11 bits per heavy atom. The molecule has 3 aromatic rings. The van der Waals surface area contributed by atoms with Gasteiger partial charge in [-0.25, -0.2) is 0 Å². The molecule has 1 aliphatic rings. The third-order valence-corrected chi connectivity index (χ3v) is 5.22. The first kappa shape index (κ1) is 18.5. The van der Waals surface area contributed by atoms with E-state index < -0.39 is 0 Å². The molecule has 0 spiro atoms. The number of nitrogens with one attached hydrogen (secondary N) is 1. The van der Waals surface area contributed by atoms with Crippen molar-refractivity contribution in [1.82, 2.24) is 5.32 Å². The molecule has 3 aromatic carbocycles. The average Bonchev–Trinajstić information content (AvgIpc) is 3.25. The van der Waals surface area contributed by atoms with Gasteiger partial charge in [-0.1, -0.05) is 54.6 Å². The van der Waals surface area contributed by atoms with Crippen molar-refractivity contribution in [2.45, 2.75) is 31.9 Å². The van der Waals surface area contributed by atoms with Gasteiger partial charge in [-0.15, -0.1) is 0 Å². The van der Waals surface area contributed by atoms with E-state index in [9.17, 15) is 4.79 Å². The Bertz CT molecular complexity index is 957. The number of para-hydroxylation sites is 1. The predicted octanol–water partition coefficient (Wildman–Crippen LogP) is 4.89. The largest absolute Gasteiger partial charge is 0.490 e. The number of hydrogen-bond donors (Lipinski definition) is 1. The van der Waals surface area contributed by atoms with Crippen molar-refractivity contribution < 1.29 is 14.3 Å². The zero-order valence-electron chi connectivity index (χ0n) is 16.1. The highest BCUT2D eigenvalue weighted by Gasteiger charge is 2.20. The summed E-state index contributed by atoms with van der Waals surface area (Å²) in [4.78, 5) is 13.0. The third kappa shape index (κ3) is 4.02. The smallest absolute Gasteiger partial charge is 0.255 e. The second-order valence-electron chi connectivity index (χ2n) is 7.21. The van der Waals surface area contributed by atoms with Crippen LogP contribution in [0.4, 0.5) is 0 Å². The van der Waals surface area contributed by atoms with Crippen molar-refractivity contribution in [1.29, 1.82) is 0 Å². The van der Waals surface area contributed by atoms with Gasteiger partial charge in [0.25, 0.3) is 5.91 Å². The van der Waals surface area contributed by atoms with E-state index in [2.05, 4.69) is 29.6 Å². The van der Waals surface area contributed by atoms with Crippen LogP contribution in [0.3, 0.4) is 0 Å². The van der Waals surface area contributed by atoms with Gasteiger partial charge < -0.3 is 14.8 Å². The van der Waals surface area contributed by atoms with Crippen LogP contribution in [0.5, 0.6) is 5.75 Å². The first-order chi connectivity index (χ1) is 13.7. The Morgan fingerprint density at radius 2 is 1.89 bits per heavy atom. The minimum atomic E-state index is -0.136. The van der Waals surface area contributed by atoms with Crippen LogP contribution in [0.2, 0.25) is 0 Å². The Morgan fingerprint density at radius 3 is 2.75 bits per heavy atom. The Balaban J connectivity index is 1.50. The topological polar surface area (TPSA) is 47.6 Å². The molecule has 1 amide bonds. The molecular formula is C24H25NO3. The van der Waals surface area contributed by atoms with Crippen LogP contribution in [0, 0.1) is 0 Å². The molecule has 0 aliphatic carbocycles. The number of rotatable bonds is 6. The molecule has 1 heterocycles. The number of carbonyl (C=O) groups is 1. The van der Waals surface area contributed by atoms with E-state index in [-0.39, 0.29) is 18.1 Å². The molecule has 4 rings (SSSR count). The van der Waals surface area contributed by atoms with Gasteiger partial charge in [-0.2, -0.15) is 0 Å². The van der Waals surface area contributed by atoms with E-state index in [0.29, 0.717) is 17.9 Å². The van der Waals surface area contributed by atoms with Crippen LogP contribution in [0.25, 0.3) is 10.8 Å². The summed E-state index contributed by atoms with van der Waals surface area (Å²) in [7, 11) is 0. The highest BCUT2D eigenvalue weighted by molar-refractivity contribution is 5.97. The molecule has 0 bridgehead atoms. The minimum absolute atomic E-state index is 0.116. The van der Waals surface area contributed by atoms with Gasteiger partial charge in [0.15, 0.2) is 0 Å². The summed E-state index contributed by atoms with van der Waals surface area (Å²) >= 11 is 0. The lowest BCUT2D eigenvalue weighted by Crippen LogP contribution is -2.27. The fraction of sp³-hybridized carbons (Fsp3) is 0.292. The summed E-state index contributed by atoms with van der Waals surface area (Å²) in [5.74, 6) is 0.462. The van der Waals surface area contributed by atoms with Crippen LogP contribution >= 0.6 is 0 Å². The second kappa shape index (κ2) is 8.44. The lowest BCUT2D eigenvalue weighted by Gasteiger charge is -2.18. The zero-order chi connectivity index (χ0) is 19.3. The predicted molar refractivity (Wildman–Crippen MR) is 111 cm³/mol. The summed E-state index contributed by atoms with van der Waals surface area (Å²) in [6.45, 7) is 3.28. The van der Waals surface area contributed by atoms with E-state index in [1.807, 2.05) is 43.3 Å². The van der Waals surface area contributed by atoms with Crippen LogP contribution in [0.1, 0.15) is 41.7 Å². The van der Waals surface area contributed by atoms with Gasteiger partial charge in [-0.05, 0) is 48.2 Å².